The highest BCUT2D eigenvalue weighted by atomic mass is 32.1. The molecule has 1 N–H and O–H groups in total. The number of nitrogens with one attached hydrogen (secondary N) is 1. The second kappa shape index (κ2) is 6.38. The molecule has 0 spiro atoms. The lowest BCUT2D eigenvalue weighted by molar-refractivity contribution is 0.103. The second-order valence-electron chi connectivity index (χ2n) is 5.59. The van der Waals surface area contributed by atoms with Gasteiger partial charge in [-0.2, -0.15) is 0 Å². The Hall–Kier alpha value is -2.57. The first-order chi connectivity index (χ1) is 12.1. The Morgan fingerprint density at radius 1 is 1.16 bits per heavy atom. The predicted molar refractivity (Wildman–Crippen MR) is 102 cm³/mol. The molecule has 0 aliphatic rings. The summed E-state index contributed by atoms with van der Waals surface area (Å²) in [6.45, 7) is 2.05. The maximum absolute atomic E-state index is 13.7. The Morgan fingerprint density at radius 3 is 2.84 bits per heavy atom. The topological polar surface area (TPSA) is 42.0 Å². The molecule has 4 rings (SSSR count). The molecule has 6 heteroatoms. The first kappa shape index (κ1) is 15.9. The van der Waals surface area contributed by atoms with Crippen LogP contribution in [0.15, 0.2) is 54.0 Å². The van der Waals surface area contributed by atoms with Crippen LogP contribution in [-0.2, 0) is 0 Å². The number of benzene rings is 2. The lowest BCUT2D eigenvalue weighted by Crippen LogP contribution is -2.11. The predicted octanol–water partition coefficient (Wildman–Crippen LogP) is 5.72. The average Bonchev–Trinajstić information content (AvgIpc) is 3.24. The summed E-state index contributed by atoms with van der Waals surface area (Å²) in [6.07, 6.45) is 0. The molecule has 1 amide bonds. The smallest absolute Gasteiger partial charge is 0.265 e. The Morgan fingerprint density at radius 2 is 2.00 bits per heavy atom. The third-order valence-electron chi connectivity index (χ3n) is 3.89. The van der Waals surface area contributed by atoms with Crippen molar-refractivity contribution < 1.29 is 9.18 Å². The summed E-state index contributed by atoms with van der Waals surface area (Å²) >= 11 is 3.00. The number of carbonyl (C=O) groups excluding carboxylic acids is 1. The van der Waals surface area contributed by atoms with Crippen molar-refractivity contribution in [2.24, 2.45) is 0 Å². The number of nitrogens with zero attached hydrogens (tertiary/aromatic N) is 1. The number of para-hydroxylation sites is 1. The number of halogens is 1. The van der Waals surface area contributed by atoms with E-state index in [-0.39, 0.29) is 11.6 Å². The van der Waals surface area contributed by atoms with Crippen LogP contribution in [0.25, 0.3) is 20.7 Å². The van der Waals surface area contributed by atoms with Crippen LogP contribution in [0.3, 0.4) is 0 Å². The summed E-state index contributed by atoms with van der Waals surface area (Å²) < 4.78 is 14.8. The summed E-state index contributed by atoms with van der Waals surface area (Å²) in [7, 11) is 0. The number of aryl methyl sites for hydroxylation is 1. The van der Waals surface area contributed by atoms with Gasteiger partial charge in [0.2, 0.25) is 0 Å². The Labute approximate surface area is 151 Å². The van der Waals surface area contributed by atoms with Crippen molar-refractivity contribution in [2.45, 2.75) is 6.92 Å². The lowest BCUT2D eigenvalue weighted by Gasteiger charge is -2.05. The van der Waals surface area contributed by atoms with Gasteiger partial charge in [0, 0.05) is 4.88 Å². The highest BCUT2D eigenvalue weighted by molar-refractivity contribution is 7.17. The van der Waals surface area contributed by atoms with E-state index in [9.17, 15) is 9.18 Å². The number of aromatic nitrogens is 1. The molecule has 2 aromatic carbocycles. The van der Waals surface area contributed by atoms with Gasteiger partial charge in [-0.15, -0.1) is 22.7 Å². The van der Waals surface area contributed by atoms with E-state index in [0.29, 0.717) is 4.88 Å². The molecule has 0 aliphatic carbocycles. The Balaban J connectivity index is 1.64. The quantitative estimate of drug-likeness (QED) is 0.502. The van der Waals surface area contributed by atoms with E-state index in [4.69, 9.17) is 0 Å². The van der Waals surface area contributed by atoms with Gasteiger partial charge in [0.1, 0.15) is 5.82 Å². The molecule has 25 heavy (non-hydrogen) atoms. The molecule has 3 nitrogen and oxygen atoms in total. The van der Waals surface area contributed by atoms with Crippen LogP contribution in [-0.4, -0.2) is 10.9 Å². The maximum atomic E-state index is 13.7. The average molecular weight is 368 g/mol. The van der Waals surface area contributed by atoms with E-state index in [0.717, 1.165) is 26.2 Å². The second-order valence-corrected chi connectivity index (χ2v) is 7.56. The lowest BCUT2D eigenvalue weighted by atomic mass is 10.1. The number of anilines is 1. The van der Waals surface area contributed by atoms with Crippen molar-refractivity contribution >= 4 is 44.5 Å². The Bertz CT molecular complexity index is 1080. The van der Waals surface area contributed by atoms with E-state index in [1.807, 2.05) is 24.6 Å². The van der Waals surface area contributed by atoms with Crippen LogP contribution in [0.2, 0.25) is 0 Å². The number of carbonyl (C=O) groups is 1. The molecule has 4 aromatic rings. The fourth-order valence-corrected chi connectivity index (χ4v) is 4.36. The summed E-state index contributed by atoms with van der Waals surface area (Å²) in [5.74, 6) is -0.758. The number of amides is 1. The van der Waals surface area contributed by atoms with E-state index in [2.05, 4.69) is 16.4 Å². The van der Waals surface area contributed by atoms with Crippen molar-refractivity contribution in [1.82, 2.24) is 4.98 Å². The van der Waals surface area contributed by atoms with Crippen LogP contribution in [0, 0.1) is 12.7 Å². The van der Waals surface area contributed by atoms with Crippen molar-refractivity contribution in [1.29, 1.82) is 0 Å². The molecule has 0 unspecified atom stereocenters. The molecular formula is C19H13FN2OS2. The molecule has 2 aromatic heterocycles. The number of hydrogen-bond donors (Lipinski definition) is 1. The molecule has 124 valence electrons. The van der Waals surface area contributed by atoms with Gasteiger partial charge in [-0.05, 0) is 54.4 Å². The fourth-order valence-electron chi connectivity index (χ4n) is 2.62. The number of hydrogen-bond acceptors (Lipinski definition) is 4. The minimum absolute atomic E-state index is 0.183. The van der Waals surface area contributed by atoms with E-state index < -0.39 is 5.82 Å². The van der Waals surface area contributed by atoms with Gasteiger partial charge < -0.3 is 5.32 Å². The summed E-state index contributed by atoms with van der Waals surface area (Å²) in [4.78, 5) is 18.3. The molecule has 0 bridgehead atoms. The van der Waals surface area contributed by atoms with Crippen molar-refractivity contribution in [2.75, 3.05) is 5.32 Å². The van der Waals surface area contributed by atoms with E-state index >= 15 is 0 Å². The maximum Gasteiger partial charge on any atom is 0.265 e. The van der Waals surface area contributed by atoms with Gasteiger partial charge in [0.25, 0.3) is 5.91 Å². The highest BCUT2D eigenvalue weighted by Gasteiger charge is 2.14. The molecule has 0 radical (unpaired) electrons. The zero-order valence-corrected chi connectivity index (χ0v) is 14.9. The summed E-state index contributed by atoms with van der Waals surface area (Å²) in [6, 6.07) is 14.0. The first-order valence-electron chi connectivity index (χ1n) is 7.62. The normalized spacial score (nSPS) is 11.0. The van der Waals surface area contributed by atoms with Gasteiger partial charge in [0.15, 0.2) is 0 Å². The molecule has 0 saturated heterocycles. The number of thiazole rings is 1. The number of thiophene rings is 1. The summed E-state index contributed by atoms with van der Waals surface area (Å²) in [5.41, 5.74) is 5.17. The third-order valence-corrected chi connectivity index (χ3v) is 5.80. The van der Waals surface area contributed by atoms with E-state index in [1.54, 1.807) is 35.6 Å². The van der Waals surface area contributed by atoms with Crippen LogP contribution in [0.5, 0.6) is 0 Å². The molecule has 0 saturated carbocycles. The Kier molecular flexibility index (Phi) is 4.07. The van der Waals surface area contributed by atoms with Gasteiger partial charge in [-0.1, -0.05) is 12.1 Å². The number of fused-ring (bicyclic) bond motifs is 1. The van der Waals surface area contributed by atoms with Crippen LogP contribution >= 0.6 is 22.7 Å². The van der Waals surface area contributed by atoms with Gasteiger partial charge in [0.05, 0.1) is 26.3 Å². The zero-order valence-electron chi connectivity index (χ0n) is 13.2. The third kappa shape index (κ3) is 3.06. The monoisotopic (exact) mass is 368 g/mol. The molecule has 0 atom stereocenters. The van der Waals surface area contributed by atoms with Crippen LogP contribution in [0.1, 0.15) is 15.2 Å². The standard InChI is InChI=1S/C19H13FN2OS2/c1-11-8-18-15(21-10-24-18)9-12(11)16-6-7-17(25-16)19(23)22-14-5-3-2-4-13(14)20/h2-10H,1H3,(H,22,23). The minimum atomic E-state index is -0.447. The minimum Gasteiger partial charge on any atom is -0.319 e. The van der Waals surface area contributed by atoms with Gasteiger partial charge in [-0.3, -0.25) is 4.79 Å². The molecular weight excluding hydrogens is 355 g/mol. The van der Waals surface area contributed by atoms with E-state index in [1.165, 1.54) is 17.4 Å². The number of rotatable bonds is 3. The first-order valence-corrected chi connectivity index (χ1v) is 9.31. The zero-order chi connectivity index (χ0) is 17.4. The molecule has 2 heterocycles. The summed E-state index contributed by atoms with van der Waals surface area (Å²) in [5, 5.41) is 2.62. The molecule has 0 fully saturated rings. The van der Waals surface area contributed by atoms with Crippen molar-refractivity contribution in [3.63, 3.8) is 0 Å². The highest BCUT2D eigenvalue weighted by Crippen LogP contribution is 2.34. The SMILES string of the molecule is Cc1cc2scnc2cc1-c1ccc(C(=O)Nc2ccccc2F)s1. The fraction of sp³-hybridized carbons (Fsp3) is 0.0526. The van der Waals surface area contributed by atoms with Crippen molar-refractivity contribution in [3.8, 4) is 10.4 Å². The van der Waals surface area contributed by atoms with Gasteiger partial charge >= 0.3 is 0 Å². The van der Waals surface area contributed by atoms with Crippen LogP contribution in [0.4, 0.5) is 10.1 Å². The van der Waals surface area contributed by atoms with Crippen LogP contribution < -0.4 is 5.32 Å². The van der Waals surface area contributed by atoms with Crippen molar-refractivity contribution in [3.05, 3.63) is 70.3 Å². The van der Waals surface area contributed by atoms with Gasteiger partial charge in [-0.25, -0.2) is 9.37 Å². The molecule has 0 aliphatic heterocycles. The largest absolute Gasteiger partial charge is 0.319 e.